The van der Waals surface area contributed by atoms with E-state index in [1.54, 1.807) is 4.31 Å². The van der Waals surface area contributed by atoms with Gasteiger partial charge in [0.15, 0.2) is 0 Å². The molecule has 0 radical (unpaired) electrons. The molecule has 2 rings (SSSR count). The smallest absolute Gasteiger partial charge is 0.279 e. The van der Waals surface area contributed by atoms with Crippen LogP contribution in [0, 0.1) is 5.92 Å². The van der Waals surface area contributed by atoms with Gasteiger partial charge in [0.25, 0.3) is 10.2 Å². The molecular weight excluding hydrogens is 264 g/mol. The van der Waals surface area contributed by atoms with Crippen molar-refractivity contribution < 1.29 is 8.42 Å². The molecule has 0 aromatic heterocycles. The fourth-order valence-corrected chi connectivity index (χ4v) is 3.89. The topological polar surface area (TPSA) is 78.7 Å². The third kappa shape index (κ3) is 4.39. The van der Waals surface area contributed by atoms with E-state index in [2.05, 4.69) is 16.7 Å². The molecule has 1 saturated carbocycles. The van der Waals surface area contributed by atoms with Gasteiger partial charge in [-0.2, -0.15) is 12.7 Å². The number of piperidine rings is 1. The maximum absolute atomic E-state index is 12.2. The normalized spacial score (nSPS) is 25.9. The van der Waals surface area contributed by atoms with E-state index in [1.165, 1.54) is 12.8 Å². The van der Waals surface area contributed by atoms with Gasteiger partial charge >= 0.3 is 0 Å². The zero-order valence-electron chi connectivity index (χ0n) is 11.7. The SMILES string of the molecule is CN(CCNS(=O)(=O)N1CCCC(CN)C1)C1CC1. The second-order valence-corrected chi connectivity index (χ2v) is 7.47. The number of hydrogen-bond acceptors (Lipinski definition) is 4. The van der Waals surface area contributed by atoms with Gasteiger partial charge in [0, 0.05) is 32.2 Å². The molecule has 0 spiro atoms. The molecule has 6 nitrogen and oxygen atoms in total. The number of hydrogen-bond donors (Lipinski definition) is 2. The van der Waals surface area contributed by atoms with Crippen molar-refractivity contribution >= 4 is 10.2 Å². The summed E-state index contributed by atoms with van der Waals surface area (Å²) in [6.45, 7) is 3.00. The van der Waals surface area contributed by atoms with Crippen molar-refractivity contribution in [1.29, 1.82) is 0 Å². The van der Waals surface area contributed by atoms with Crippen LogP contribution in [0.3, 0.4) is 0 Å². The summed E-state index contributed by atoms with van der Waals surface area (Å²) in [6.07, 6.45) is 4.43. The molecule has 0 bridgehead atoms. The van der Waals surface area contributed by atoms with Crippen molar-refractivity contribution in [2.75, 3.05) is 39.8 Å². The summed E-state index contributed by atoms with van der Waals surface area (Å²) < 4.78 is 28.6. The van der Waals surface area contributed by atoms with Crippen molar-refractivity contribution in [3.05, 3.63) is 0 Å². The Morgan fingerprint density at radius 1 is 1.37 bits per heavy atom. The molecule has 1 saturated heterocycles. The molecule has 1 aliphatic carbocycles. The Hall–Kier alpha value is -0.210. The molecule has 1 heterocycles. The van der Waals surface area contributed by atoms with E-state index in [0.717, 1.165) is 19.4 Å². The van der Waals surface area contributed by atoms with Gasteiger partial charge in [0.05, 0.1) is 0 Å². The standard InChI is InChI=1S/C12H26N4O2S/c1-15(12-4-5-12)8-6-14-19(17,18)16-7-2-3-11(9-13)10-16/h11-12,14H,2-10,13H2,1H3. The molecule has 3 N–H and O–H groups in total. The fraction of sp³-hybridized carbons (Fsp3) is 1.00. The molecule has 0 amide bonds. The lowest BCUT2D eigenvalue weighted by atomic mass is 10.0. The van der Waals surface area contributed by atoms with Gasteiger partial charge in [0.1, 0.15) is 0 Å². The number of rotatable bonds is 7. The van der Waals surface area contributed by atoms with E-state index in [0.29, 0.717) is 38.1 Å². The lowest BCUT2D eigenvalue weighted by Crippen LogP contribution is -2.48. The van der Waals surface area contributed by atoms with Crippen LogP contribution in [0.25, 0.3) is 0 Å². The van der Waals surface area contributed by atoms with Crippen molar-refractivity contribution in [2.24, 2.45) is 11.7 Å². The second kappa shape index (κ2) is 6.49. The molecule has 1 atom stereocenters. The van der Waals surface area contributed by atoms with Gasteiger partial charge in [-0.3, -0.25) is 0 Å². The zero-order chi connectivity index (χ0) is 13.9. The second-order valence-electron chi connectivity index (χ2n) is 5.71. The summed E-state index contributed by atoms with van der Waals surface area (Å²) in [5, 5.41) is 0. The predicted molar refractivity (Wildman–Crippen MR) is 75.9 cm³/mol. The van der Waals surface area contributed by atoms with Crippen molar-refractivity contribution in [2.45, 2.75) is 31.7 Å². The van der Waals surface area contributed by atoms with Crippen LogP contribution in [0.15, 0.2) is 0 Å². The molecule has 112 valence electrons. The summed E-state index contributed by atoms with van der Waals surface area (Å²) in [6, 6.07) is 0.668. The van der Waals surface area contributed by atoms with E-state index in [9.17, 15) is 8.42 Å². The Morgan fingerprint density at radius 2 is 2.11 bits per heavy atom. The zero-order valence-corrected chi connectivity index (χ0v) is 12.5. The van der Waals surface area contributed by atoms with E-state index in [-0.39, 0.29) is 0 Å². The summed E-state index contributed by atoms with van der Waals surface area (Å²) in [5.74, 6) is 0.305. The minimum absolute atomic E-state index is 0.305. The van der Waals surface area contributed by atoms with Crippen molar-refractivity contribution in [3.63, 3.8) is 0 Å². The van der Waals surface area contributed by atoms with E-state index in [1.807, 2.05) is 0 Å². The predicted octanol–water partition coefficient (Wildman–Crippen LogP) is -0.414. The van der Waals surface area contributed by atoms with Crippen LogP contribution in [0.2, 0.25) is 0 Å². The van der Waals surface area contributed by atoms with E-state index < -0.39 is 10.2 Å². The van der Waals surface area contributed by atoms with Crippen LogP contribution in [-0.2, 0) is 10.2 Å². The fourth-order valence-electron chi connectivity index (χ4n) is 2.58. The highest BCUT2D eigenvalue weighted by molar-refractivity contribution is 7.87. The molecule has 1 aliphatic heterocycles. The number of nitrogens with one attached hydrogen (secondary N) is 1. The van der Waals surface area contributed by atoms with Gasteiger partial charge in [-0.1, -0.05) is 0 Å². The first-order chi connectivity index (χ1) is 9.03. The lowest BCUT2D eigenvalue weighted by Gasteiger charge is -2.31. The molecule has 0 aromatic rings. The van der Waals surface area contributed by atoms with Crippen LogP contribution < -0.4 is 10.5 Å². The molecular formula is C12H26N4O2S. The quantitative estimate of drug-likeness (QED) is 0.668. The Kier molecular flexibility index (Phi) is 5.19. The van der Waals surface area contributed by atoms with Crippen LogP contribution in [0.1, 0.15) is 25.7 Å². The van der Waals surface area contributed by atoms with Gasteiger partial charge in [-0.05, 0) is 45.2 Å². The molecule has 19 heavy (non-hydrogen) atoms. The Bertz CT molecular complexity index is 383. The van der Waals surface area contributed by atoms with Crippen molar-refractivity contribution in [3.8, 4) is 0 Å². The average molecular weight is 290 g/mol. The maximum atomic E-state index is 12.2. The third-order valence-electron chi connectivity index (χ3n) is 4.07. The first-order valence-electron chi connectivity index (χ1n) is 7.18. The number of nitrogens with two attached hydrogens (primary N) is 1. The lowest BCUT2D eigenvalue weighted by molar-refractivity contribution is 0.267. The van der Waals surface area contributed by atoms with E-state index in [4.69, 9.17) is 5.73 Å². The Morgan fingerprint density at radius 3 is 2.74 bits per heavy atom. The van der Waals surface area contributed by atoms with Gasteiger partial charge < -0.3 is 10.6 Å². The van der Waals surface area contributed by atoms with Gasteiger partial charge in [-0.15, -0.1) is 0 Å². The third-order valence-corrected chi connectivity index (χ3v) is 5.65. The number of nitrogens with zero attached hydrogens (tertiary/aromatic N) is 2. The summed E-state index contributed by atoms with van der Waals surface area (Å²) in [4.78, 5) is 2.22. The first kappa shape index (κ1) is 15.2. The van der Waals surface area contributed by atoms with Crippen LogP contribution in [-0.4, -0.2) is 63.4 Å². The highest BCUT2D eigenvalue weighted by atomic mass is 32.2. The molecule has 2 aliphatic rings. The molecule has 2 fully saturated rings. The largest absolute Gasteiger partial charge is 0.330 e. The van der Waals surface area contributed by atoms with Crippen molar-refractivity contribution in [1.82, 2.24) is 13.9 Å². The highest BCUT2D eigenvalue weighted by Gasteiger charge is 2.29. The molecule has 0 aromatic carbocycles. The number of likely N-dealkylation sites (N-methyl/N-ethyl adjacent to an activating group) is 1. The van der Waals surface area contributed by atoms with E-state index >= 15 is 0 Å². The maximum Gasteiger partial charge on any atom is 0.279 e. The van der Waals surface area contributed by atoms with Gasteiger partial charge in [-0.25, -0.2) is 4.72 Å². The van der Waals surface area contributed by atoms with Crippen LogP contribution in [0.5, 0.6) is 0 Å². The minimum Gasteiger partial charge on any atom is -0.330 e. The summed E-state index contributed by atoms with van der Waals surface area (Å²) >= 11 is 0. The summed E-state index contributed by atoms with van der Waals surface area (Å²) in [7, 11) is -1.27. The Labute approximate surface area is 116 Å². The van der Waals surface area contributed by atoms with Gasteiger partial charge in [0.2, 0.25) is 0 Å². The average Bonchev–Trinajstić information content (AvgIpc) is 3.23. The molecule has 1 unspecified atom stereocenters. The summed E-state index contributed by atoms with van der Waals surface area (Å²) in [5.41, 5.74) is 5.64. The first-order valence-corrected chi connectivity index (χ1v) is 8.62. The van der Waals surface area contributed by atoms with Crippen LogP contribution in [0.4, 0.5) is 0 Å². The Balaban J connectivity index is 1.76. The highest BCUT2D eigenvalue weighted by Crippen LogP contribution is 2.24. The minimum atomic E-state index is -3.33. The van der Waals surface area contributed by atoms with Crippen LogP contribution >= 0.6 is 0 Å². The monoisotopic (exact) mass is 290 g/mol. The molecule has 7 heteroatoms.